The number of aliphatic carboxylic acids is 1. The van der Waals surface area contributed by atoms with Gasteiger partial charge in [-0.25, -0.2) is 9.59 Å². The zero-order valence-electron chi connectivity index (χ0n) is 15.0. The molecule has 0 aliphatic carbocycles. The van der Waals surface area contributed by atoms with Gasteiger partial charge in [-0.2, -0.15) is 0 Å². The molecule has 1 aromatic carbocycles. The Morgan fingerprint density at radius 2 is 2.04 bits per heavy atom. The predicted molar refractivity (Wildman–Crippen MR) is 95.3 cm³/mol. The van der Waals surface area contributed by atoms with Crippen molar-refractivity contribution in [2.75, 3.05) is 19.6 Å². The van der Waals surface area contributed by atoms with Gasteiger partial charge in [0.25, 0.3) is 0 Å². The topological polar surface area (TPSA) is 78.9 Å². The summed E-state index contributed by atoms with van der Waals surface area (Å²) >= 11 is 0. The first-order valence-electron chi connectivity index (χ1n) is 8.98. The van der Waals surface area contributed by atoms with Crippen molar-refractivity contribution < 1.29 is 19.4 Å². The van der Waals surface area contributed by atoms with Crippen LogP contribution in [0.5, 0.6) is 0 Å². The lowest BCUT2D eigenvalue weighted by molar-refractivity contribution is -0.157. The van der Waals surface area contributed by atoms with E-state index in [4.69, 9.17) is 4.74 Å². The molecule has 0 bridgehead atoms. The van der Waals surface area contributed by atoms with E-state index in [0.29, 0.717) is 38.9 Å². The maximum Gasteiger partial charge on any atom is 0.411 e. The van der Waals surface area contributed by atoms with Gasteiger partial charge in [-0.05, 0) is 31.4 Å². The van der Waals surface area contributed by atoms with E-state index in [2.05, 4.69) is 5.32 Å². The minimum Gasteiger partial charge on any atom is -0.479 e. The summed E-state index contributed by atoms with van der Waals surface area (Å²) in [5.74, 6) is -1.08. The second-order valence-corrected chi connectivity index (χ2v) is 6.48. The SMILES string of the molecule is CCCN(C(=O)OCc1ccccc1)C1(C(=O)O)CCNCC1CC. The van der Waals surface area contributed by atoms with E-state index in [9.17, 15) is 14.7 Å². The summed E-state index contributed by atoms with van der Waals surface area (Å²) in [5, 5.41) is 13.3. The van der Waals surface area contributed by atoms with Gasteiger partial charge in [-0.15, -0.1) is 0 Å². The molecule has 1 heterocycles. The molecule has 2 rings (SSSR count). The van der Waals surface area contributed by atoms with Gasteiger partial charge in [-0.3, -0.25) is 4.90 Å². The van der Waals surface area contributed by atoms with Gasteiger partial charge in [0.2, 0.25) is 0 Å². The number of benzene rings is 1. The molecule has 1 saturated heterocycles. The Hall–Kier alpha value is -2.08. The third-order valence-corrected chi connectivity index (χ3v) is 4.97. The number of nitrogens with zero attached hydrogens (tertiary/aromatic N) is 1. The van der Waals surface area contributed by atoms with E-state index in [1.807, 2.05) is 44.2 Å². The van der Waals surface area contributed by atoms with Gasteiger partial charge in [0.05, 0.1) is 0 Å². The second kappa shape index (κ2) is 8.85. The molecular formula is C19H28N2O4. The van der Waals surface area contributed by atoms with E-state index < -0.39 is 17.6 Å². The first-order chi connectivity index (χ1) is 12.1. The van der Waals surface area contributed by atoms with Crippen LogP contribution in [0.3, 0.4) is 0 Å². The van der Waals surface area contributed by atoms with Crippen LogP contribution in [0, 0.1) is 5.92 Å². The lowest BCUT2D eigenvalue weighted by atomic mass is 9.75. The fourth-order valence-corrected chi connectivity index (χ4v) is 3.64. The van der Waals surface area contributed by atoms with E-state index >= 15 is 0 Å². The summed E-state index contributed by atoms with van der Waals surface area (Å²) in [6, 6.07) is 9.42. The van der Waals surface area contributed by atoms with Crippen molar-refractivity contribution in [3.05, 3.63) is 35.9 Å². The Bertz CT molecular complexity index is 578. The largest absolute Gasteiger partial charge is 0.479 e. The molecule has 1 aliphatic heterocycles. The number of ether oxygens (including phenoxy) is 1. The molecule has 1 aliphatic rings. The number of rotatable bonds is 7. The summed E-state index contributed by atoms with van der Waals surface area (Å²) in [5.41, 5.74) is -0.321. The summed E-state index contributed by atoms with van der Waals surface area (Å²) < 4.78 is 5.47. The van der Waals surface area contributed by atoms with Crippen LogP contribution in [0.15, 0.2) is 30.3 Å². The van der Waals surface area contributed by atoms with Gasteiger partial charge >= 0.3 is 12.1 Å². The van der Waals surface area contributed by atoms with Crippen molar-refractivity contribution in [3.8, 4) is 0 Å². The first-order valence-corrected chi connectivity index (χ1v) is 8.98. The zero-order valence-corrected chi connectivity index (χ0v) is 15.0. The monoisotopic (exact) mass is 348 g/mol. The van der Waals surface area contributed by atoms with Crippen LogP contribution in [0.4, 0.5) is 4.79 Å². The molecule has 6 nitrogen and oxygen atoms in total. The highest BCUT2D eigenvalue weighted by molar-refractivity contribution is 5.85. The molecule has 2 atom stereocenters. The molecule has 2 N–H and O–H groups in total. The lowest BCUT2D eigenvalue weighted by Gasteiger charge is -2.47. The Kier molecular flexibility index (Phi) is 6.82. The number of carbonyl (C=O) groups is 2. The summed E-state index contributed by atoms with van der Waals surface area (Å²) in [4.78, 5) is 26.5. The van der Waals surface area contributed by atoms with E-state index in [1.54, 1.807) is 0 Å². The highest BCUT2D eigenvalue weighted by atomic mass is 16.6. The summed E-state index contributed by atoms with van der Waals surface area (Å²) in [6.45, 7) is 5.59. The Morgan fingerprint density at radius 3 is 2.64 bits per heavy atom. The molecule has 0 spiro atoms. The van der Waals surface area contributed by atoms with Gasteiger partial charge < -0.3 is 15.2 Å². The number of nitrogens with one attached hydrogen (secondary N) is 1. The highest BCUT2D eigenvalue weighted by Gasteiger charge is 2.53. The van der Waals surface area contributed by atoms with Crippen LogP contribution >= 0.6 is 0 Å². The first kappa shape index (κ1) is 19.2. The van der Waals surface area contributed by atoms with Gasteiger partial charge in [0.15, 0.2) is 0 Å². The standard InChI is InChI=1S/C19H28N2O4/c1-3-12-21(18(24)25-14-15-8-6-5-7-9-15)19(17(22)23)10-11-20-13-16(19)4-2/h5-9,16,20H,3-4,10-14H2,1-2H3,(H,22,23). The molecule has 1 amide bonds. The molecule has 0 saturated carbocycles. The Morgan fingerprint density at radius 1 is 1.32 bits per heavy atom. The minimum absolute atomic E-state index is 0.143. The number of carboxylic acids is 1. The fraction of sp³-hybridized carbons (Fsp3) is 0.579. The maximum atomic E-state index is 12.8. The molecular weight excluding hydrogens is 320 g/mol. The van der Waals surface area contributed by atoms with Crippen LogP contribution < -0.4 is 5.32 Å². The van der Waals surface area contributed by atoms with Crippen LogP contribution in [-0.2, 0) is 16.1 Å². The number of piperidine rings is 1. The van der Waals surface area contributed by atoms with Crippen molar-refractivity contribution in [1.29, 1.82) is 0 Å². The van der Waals surface area contributed by atoms with Crippen molar-refractivity contribution in [3.63, 3.8) is 0 Å². The molecule has 2 unspecified atom stereocenters. The van der Waals surface area contributed by atoms with Gasteiger partial charge in [0.1, 0.15) is 12.1 Å². The Labute approximate surface area is 149 Å². The molecule has 0 radical (unpaired) electrons. The summed E-state index contributed by atoms with van der Waals surface area (Å²) in [6.07, 6.45) is 1.21. The van der Waals surface area contributed by atoms with Crippen LogP contribution in [-0.4, -0.2) is 47.2 Å². The van der Waals surface area contributed by atoms with E-state index in [-0.39, 0.29) is 12.5 Å². The van der Waals surface area contributed by atoms with Gasteiger partial charge in [0, 0.05) is 19.0 Å². The third-order valence-electron chi connectivity index (χ3n) is 4.97. The second-order valence-electron chi connectivity index (χ2n) is 6.48. The molecule has 25 heavy (non-hydrogen) atoms. The number of carboxylic acid groups (broad SMARTS) is 1. The van der Waals surface area contributed by atoms with Crippen molar-refractivity contribution >= 4 is 12.1 Å². The number of amides is 1. The normalized spacial score (nSPS) is 23.0. The predicted octanol–water partition coefficient (Wildman–Crippen LogP) is 2.88. The lowest BCUT2D eigenvalue weighted by Crippen LogP contribution is -2.66. The van der Waals surface area contributed by atoms with Crippen LogP contribution in [0.25, 0.3) is 0 Å². The fourth-order valence-electron chi connectivity index (χ4n) is 3.64. The van der Waals surface area contributed by atoms with Gasteiger partial charge in [-0.1, -0.05) is 44.2 Å². The number of hydrogen-bond acceptors (Lipinski definition) is 4. The average Bonchev–Trinajstić information content (AvgIpc) is 2.64. The number of carbonyl (C=O) groups excluding carboxylic acids is 1. The van der Waals surface area contributed by atoms with Crippen molar-refractivity contribution in [1.82, 2.24) is 10.2 Å². The minimum atomic E-state index is -1.20. The van der Waals surface area contributed by atoms with E-state index in [0.717, 1.165) is 5.56 Å². The highest BCUT2D eigenvalue weighted by Crippen LogP contribution is 2.35. The smallest absolute Gasteiger partial charge is 0.411 e. The van der Waals surface area contributed by atoms with Crippen molar-refractivity contribution in [2.45, 2.75) is 45.3 Å². The van der Waals surface area contributed by atoms with Crippen LogP contribution in [0.2, 0.25) is 0 Å². The molecule has 138 valence electrons. The molecule has 6 heteroatoms. The Balaban J connectivity index is 2.23. The number of hydrogen-bond donors (Lipinski definition) is 2. The zero-order chi connectivity index (χ0) is 18.3. The van der Waals surface area contributed by atoms with E-state index in [1.165, 1.54) is 4.90 Å². The quantitative estimate of drug-likeness (QED) is 0.792. The molecule has 1 fully saturated rings. The molecule has 1 aromatic rings. The average molecular weight is 348 g/mol. The maximum absolute atomic E-state index is 12.8. The van der Waals surface area contributed by atoms with Crippen LogP contribution in [0.1, 0.15) is 38.7 Å². The third kappa shape index (κ3) is 4.12. The van der Waals surface area contributed by atoms with Crippen molar-refractivity contribution in [2.24, 2.45) is 5.92 Å². The summed E-state index contributed by atoms with van der Waals surface area (Å²) in [7, 11) is 0. The molecule has 0 aromatic heterocycles.